The van der Waals surface area contributed by atoms with Crippen LogP contribution < -0.4 is 19.5 Å². The molecule has 3 rings (SSSR count). The van der Waals surface area contributed by atoms with Crippen molar-refractivity contribution in [1.29, 1.82) is 0 Å². The summed E-state index contributed by atoms with van der Waals surface area (Å²) in [4.78, 5) is 12.3. The Kier molecular flexibility index (Phi) is 6.91. The summed E-state index contributed by atoms with van der Waals surface area (Å²) in [6.07, 6.45) is 0. The van der Waals surface area contributed by atoms with Crippen molar-refractivity contribution < 1.29 is 19.0 Å². The third-order valence-corrected chi connectivity index (χ3v) is 4.98. The summed E-state index contributed by atoms with van der Waals surface area (Å²) in [5, 5.41) is 11.9. The third-order valence-electron chi connectivity index (χ3n) is 4.06. The topological polar surface area (TPSA) is 82.6 Å². The minimum Gasteiger partial charge on any atom is -0.497 e. The first-order valence-electron chi connectivity index (χ1n) is 8.76. The fraction of sp³-hybridized carbons (Fsp3) is 0.190. The molecule has 2 aromatic carbocycles. The van der Waals surface area contributed by atoms with Crippen LogP contribution in [0.25, 0.3) is 11.3 Å². The van der Waals surface area contributed by atoms with Gasteiger partial charge in [0.05, 0.1) is 38.5 Å². The Labute approximate surface area is 173 Å². The molecule has 0 aliphatic carbocycles. The second-order valence-corrected chi connectivity index (χ2v) is 6.86. The minimum absolute atomic E-state index is 0.172. The molecule has 1 aromatic heterocycles. The van der Waals surface area contributed by atoms with E-state index in [1.54, 1.807) is 32.4 Å². The van der Waals surface area contributed by atoms with Gasteiger partial charge in [0.2, 0.25) is 5.91 Å². The average molecular weight is 411 g/mol. The molecule has 0 bridgehead atoms. The standard InChI is InChI=1S/C21H21N3O4S/c1-26-14-8-9-17(19(12-14)28-3)22-20(25)13-29-21-11-10-16(23-24-21)15-6-4-5-7-18(15)27-2/h4-12H,13H2,1-3H3,(H,22,25). The van der Waals surface area contributed by atoms with E-state index < -0.39 is 0 Å². The summed E-state index contributed by atoms with van der Waals surface area (Å²) in [7, 11) is 4.73. The first kappa shape index (κ1) is 20.5. The number of carbonyl (C=O) groups excluding carboxylic acids is 1. The minimum atomic E-state index is -0.172. The zero-order chi connectivity index (χ0) is 20.6. The number of thioether (sulfide) groups is 1. The van der Waals surface area contributed by atoms with Gasteiger partial charge in [-0.2, -0.15) is 0 Å². The number of nitrogens with one attached hydrogen (secondary N) is 1. The summed E-state index contributed by atoms with van der Waals surface area (Å²) in [6.45, 7) is 0. The molecule has 0 aliphatic heterocycles. The Morgan fingerprint density at radius 3 is 2.41 bits per heavy atom. The normalized spacial score (nSPS) is 10.3. The number of nitrogens with zero attached hydrogens (tertiary/aromatic N) is 2. The Morgan fingerprint density at radius 2 is 1.72 bits per heavy atom. The molecule has 3 aromatic rings. The lowest BCUT2D eigenvalue weighted by molar-refractivity contribution is -0.113. The highest BCUT2D eigenvalue weighted by Gasteiger charge is 2.11. The van der Waals surface area contributed by atoms with Crippen molar-refractivity contribution in [1.82, 2.24) is 10.2 Å². The van der Waals surface area contributed by atoms with Gasteiger partial charge in [-0.05, 0) is 36.4 Å². The van der Waals surface area contributed by atoms with Crippen LogP contribution in [0.5, 0.6) is 17.2 Å². The van der Waals surface area contributed by atoms with Gasteiger partial charge in [0.25, 0.3) is 0 Å². The van der Waals surface area contributed by atoms with Gasteiger partial charge in [0.15, 0.2) is 0 Å². The van der Waals surface area contributed by atoms with E-state index in [1.807, 2.05) is 36.4 Å². The fourth-order valence-electron chi connectivity index (χ4n) is 2.62. The van der Waals surface area contributed by atoms with E-state index in [0.717, 1.165) is 11.3 Å². The Balaban J connectivity index is 1.61. The molecule has 0 saturated heterocycles. The number of ether oxygens (including phenoxy) is 3. The number of hydrogen-bond acceptors (Lipinski definition) is 7. The zero-order valence-corrected chi connectivity index (χ0v) is 17.2. The third kappa shape index (κ3) is 5.17. The number of methoxy groups -OCH3 is 3. The van der Waals surface area contributed by atoms with Crippen molar-refractivity contribution in [3.05, 3.63) is 54.6 Å². The van der Waals surface area contributed by atoms with Crippen LogP contribution in [0.3, 0.4) is 0 Å². The van der Waals surface area contributed by atoms with Gasteiger partial charge in [-0.25, -0.2) is 0 Å². The van der Waals surface area contributed by atoms with Crippen molar-refractivity contribution in [2.45, 2.75) is 5.03 Å². The average Bonchev–Trinajstić information content (AvgIpc) is 2.78. The Hall–Kier alpha value is -3.26. The molecule has 29 heavy (non-hydrogen) atoms. The molecule has 1 amide bonds. The molecule has 0 spiro atoms. The zero-order valence-electron chi connectivity index (χ0n) is 16.3. The first-order chi connectivity index (χ1) is 14.1. The highest BCUT2D eigenvalue weighted by Crippen LogP contribution is 2.30. The molecular formula is C21H21N3O4S. The van der Waals surface area contributed by atoms with Crippen molar-refractivity contribution in [2.75, 3.05) is 32.4 Å². The SMILES string of the molecule is COc1ccc(NC(=O)CSc2ccc(-c3ccccc3OC)nn2)c(OC)c1. The van der Waals surface area contributed by atoms with Gasteiger partial charge >= 0.3 is 0 Å². The van der Waals surface area contributed by atoms with Crippen LogP contribution in [0, 0.1) is 0 Å². The molecule has 1 N–H and O–H groups in total. The van der Waals surface area contributed by atoms with E-state index in [0.29, 0.717) is 27.9 Å². The van der Waals surface area contributed by atoms with E-state index in [4.69, 9.17) is 14.2 Å². The summed E-state index contributed by atoms with van der Waals surface area (Å²) in [5.74, 6) is 1.94. The van der Waals surface area contributed by atoms with Crippen molar-refractivity contribution in [3.8, 4) is 28.5 Å². The van der Waals surface area contributed by atoms with Crippen LogP contribution >= 0.6 is 11.8 Å². The monoisotopic (exact) mass is 411 g/mol. The number of benzene rings is 2. The van der Waals surface area contributed by atoms with Gasteiger partial charge in [-0.1, -0.05) is 23.9 Å². The number of rotatable bonds is 8. The summed E-state index contributed by atoms with van der Waals surface area (Å²) >= 11 is 1.30. The van der Waals surface area contributed by atoms with Crippen molar-refractivity contribution >= 4 is 23.4 Å². The molecule has 0 aliphatic rings. The number of amides is 1. The van der Waals surface area contributed by atoms with E-state index in [9.17, 15) is 4.79 Å². The molecule has 1 heterocycles. The van der Waals surface area contributed by atoms with Crippen molar-refractivity contribution in [3.63, 3.8) is 0 Å². The van der Waals surface area contributed by atoms with Crippen molar-refractivity contribution in [2.24, 2.45) is 0 Å². The van der Waals surface area contributed by atoms with E-state index >= 15 is 0 Å². The predicted octanol–water partition coefficient (Wildman–Crippen LogP) is 3.90. The Morgan fingerprint density at radius 1 is 0.931 bits per heavy atom. The molecule has 150 valence electrons. The quantitative estimate of drug-likeness (QED) is 0.563. The molecule has 0 fully saturated rings. The summed E-state index contributed by atoms with van der Waals surface area (Å²) < 4.78 is 15.8. The summed E-state index contributed by atoms with van der Waals surface area (Å²) in [6, 6.07) is 16.5. The highest BCUT2D eigenvalue weighted by molar-refractivity contribution is 7.99. The number of carbonyl (C=O) groups is 1. The van der Waals surface area contributed by atoms with Crippen LogP contribution in [0.1, 0.15) is 0 Å². The van der Waals surface area contributed by atoms with E-state index in [1.165, 1.54) is 18.9 Å². The second-order valence-electron chi connectivity index (χ2n) is 5.86. The maximum atomic E-state index is 12.3. The fourth-order valence-corrected chi connectivity index (χ4v) is 3.24. The Bertz CT molecular complexity index is 980. The predicted molar refractivity (Wildman–Crippen MR) is 113 cm³/mol. The van der Waals surface area contributed by atoms with Gasteiger partial charge < -0.3 is 19.5 Å². The maximum Gasteiger partial charge on any atom is 0.234 e. The second kappa shape index (κ2) is 9.79. The van der Waals surface area contributed by atoms with Crippen LogP contribution in [0.2, 0.25) is 0 Å². The molecule has 0 saturated carbocycles. The number of para-hydroxylation sites is 1. The molecule has 0 unspecified atom stereocenters. The first-order valence-corrected chi connectivity index (χ1v) is 9.75. The van der Waals surface area contributed by atoms with Gasteiger partial charge in [-0.15, -0.1) is 10.2 Å². The molecule has 8 heteroatoms. The van der Waals surface area contributed by atoms with E-state index in [-0.39, 0.29) is 11.7 Å². The number of hydrogen-bond donors (Lipinski definition) is 1. The van der Waals surface area contributed by atoms with Gasteiger partial charge in [0.1, 0.15) is 22.3 Å². The molecule has 7 nitrogen and oxygen atoms in total. The lowest BCUT2D eigenvalue weighted by Crippen LogP contribution is -2.14. The molecule has 0 radical (unpaired) electrons. The lowest BCUT2D eigenvalue weighted by Gasteiger charge is -2.11. The summed E-state index contributed by atoms with van der Waals surface area (Å²) in [5.41, 5.74) is 2.15. The molecule has 0 atom stereocenters. The van der Waals surface area contributed by atoms with Crippen LogP contribution in [0.15, 0.2) is 59.6 Å². The van der Waals surface area contributed by atoms with Crippen LogP contribution in [-0.4, -0.2) is 43.2 Å². The highest BCUT2D eigenvalue weighted by atomic mass is 32.2. The van der Waals surface area contributed by atoms with E-state index in [2.05, 4.69) is 15.5 Å². The van der Waals surface area contributed by atoms with Gasteiger partial charge in [-0.3, -0.25) is 4.79 Å². The number of anilines is 1. The lowest BCUT2D eigenvalue weighted by atomic mass is 10.1. The maximum absolute atomic E-state index is 12.3. The largest absolute Gasteiger partial charge is 0.497 e. The number of aromatic nitrogens is 2. The van der Waals surface area contributed by atoms with Crippen LogP contribution in [0.4, 0.5) is 5.69 Å². The molecular weight excluding hydrogens is 390 g/mol. The smallest absolute Gasteiger partial charge is 0.234 e. The van der Waals surface area contributed by atoms with Gasteiger partial charge in [0, 0.05) is 11.6 Å². The van der Waals surface area contributed by atoms with Crippen LogP contribution in [-0.2, 0) is 4.79 Å².